The van der Waals surface area contributed by atoms with Crippen molar-refractivity contribution in [1.82, 2.24) is 0 Å². The Bertz CT molecular complexity index is 433. The number of carbonyl (C=O) groups is 1. The predicted molar refractivity (Wildman–Crippen MR) is 104 cm³/mol. The van der Waals surface area contributed by atoms with Gasteiger partial charge in [0.1, 0.15) is 6.04 Å². The summed E-state index contributed by atoms with van der Waals surface area (Å²) in [5.74, 6) is 0.692. The number of ether oxygens (including phenoxy) is 1. The third kappa shape index (κ3) is 9.36. The van der Waals surface area contributed by atoms with Gasteiger partial charge < -0.3 is 15.4 Å². The van der Waals surface area contributed by atoms with Crippen LogP contribution in [0.15, 0.2) is 24.3 Å². The van der Waals surface area contributed by atoms with Gasteiger partial charge in [0, 0.05) is 30.5 Å². The molecule has 1 atom stereocenters. The van der Waals surface area contributed by atoms with Crippen LogP contribution in [0.4, 0.5) is 5.69 Å². The number of unbranched alkanes of at least 4 members (excludes halogenated alkanes) is 1. The van der Waals surface area contributed by atoms with Crippen LogP contribution in [0.2, 0.25) is 0 Å². The van der Waals surface area contributed by atoms with Gasteiger partial charge in [-0.1, -0.05) is 38.8 Å². The molecule has 2 N–H and O–H groups in total. The topological polar surface area (TPSA) is 55.6 Å². The zero-order chi connectivity index (χ0) is 18.4. The summed E-state index contributed by atoms with van der Waals surface area (Å²) < 4.78 is 4.61. The van der Waals surface area contributed by atoms with Gasteiger partial charge in [-0.3, -0.25) is 4.79 Å². The van der Waals surface area contributed by atoms with E-state index in [-0.39, 0.29) is 0 Å². The highest BCUT2D eigenvalue weighted by Crippen LogP contribution is 2.16. The quantitative estimate of drug-likeness (QED) is 0.525. The molecule has 6 heteroatoms. The molecule has 0 bridgehead atoms. The molecular formula is C18H30Cl2N2O2. The largest absolute Gasteiger partial charge is 0.468 e. The molecule has 0 aromatic heterocycles. The number of rotatable bonds is 9. The third-order valence-electron chi connectivity index (χ3n) is 3.47. The number of methoxy groups -OCH3 is 1. The van der Waals surface area contributed by atoms with Gasteiger partial charge >= 0.3 is 5.97 Å². The normalized spacial score (nSPS) is 11.2. The Morgan fingerprint density at radius 3 is 2.00 bits per heavy atom. The Morgan fingerprint density at radius 2 is 1.62 bits per heavy atom. The number of nitrogens with zero attached hydrogens (tertiary/aromatic N) is 1. The smallest absolute Gasteiger partial charge is 0.322 e. The van der Waals surface area contributed by atoms with Crippen molar-refractivity contribution in [1.29, 1.82) is 0 Å². The van der Waals surface area contributed by atoms with Crippen LogP contribution in [0.3, 0.4) is 0 Å². The van der Waals surface area contributed by atoms with Crippen LogP contribution in [0.25, 0.3) is 0 Å². The lowest BCUT2D eigenvalue weighted by Gasteiger charge is -2.23. The molecule has 0 radical (unpaired) electrons. The van der Waals surface area contributed by atoms with Crippen molar-refractivity contribution >= 4 is 34.9 Å². The van der Waals surface area contributed by atoms with Crippen LogP contribution in [0.5, 0.6) is 0 Å². The lowest BCUT2D eigenvalue weighted by Crippen LogP contribution is -2.33. The minimum atomic E-state index is -0.632. The van der Waals surface area contributed by atoms with Crippen LogP contribution < -0.4 is 10.6 Å². The third-order valence-corrected chi connectivity index (χ3v) is 3.81. The summed E-state index contributed by atoms with van der Waals surface area (Å²) in [7, 11) is 1.33. The maximum Gasteiger partial charge on any atom is 0.322 e. The highest BCUT2D eigenvalue weighted by Gasteiger charge is 2.14. The minimum absolute atomic E-state index is 0.403. The van der Waals surface area contributed by atoms with Crippen LogP contribution in [-0.4, -0.2) is 44.0 Å². The number of hydrogen-bond donors (Lipinski definition) is 1. The molecule has 1 aromatic rings. The molecule has 0 unspecified atom stereocenters. The number of esters is 1. The van der Waals surface area contributed by atoms with E-state index in [0.29, 0.717) is 18.2 Å². The average molecular weight is 377 g/mol. The summed E-state index contributed by atoms with van der Waals surface area (Å²) in [6.07, 6.45) is 3.10. The molecule has 4 nitrogen and oxygen atoms in total. The Labute approximate surface area is 156 Å². The first kappa shape index (κ1) is 23.0. The molecule has 0 spiro atoms. The summed E-state index contributed by atoms with van der Waals surface area (Å²) >= 11 is 11.6. The first-order valence-electron chi connectivity index (χ1n) is 8.33. The first-order valence-corrected chi connectivity index (χ1v) is 9.40. The number of carbonyl (C=O) groups excluding carboxylic acids is 1. The van der Waals surface area contributed by atoms with E-state index in [4.69, 9.17) is 28.9 Å². The highest BCUT2D eigenvalue weighted by molar-refractivity contribution is 6.18. The molecule has 0 heterocycles. The van der Waals surface area contributed by atoms with Gasteiger partial charge in [-0.2, -0.15) is 0 Å². The molecule has 0 amide bonds. The van der Waals surface area contributed by atoms with Crippen LogP contribution in [0.1, 0.15) is 32.3 Å². The summed E-state index contributed by atoms with van der Waals surface area (Å²) in [5, 5.41) is 0. The maximum atomic E-state index is 11.3. The Hall–Kier alpha value is -0.970. The van der Waals surface area contributed by atoms with Gasteiger partial charge in [0.25, 0.3) is 0 Å². The minimum Gasteiger partial charge on any atom is -0.468 e. The standard InChI is InChI=1S/C14H20Cl2N2O2.C4H10/c1-20-14(19)13(17)10-11-2-4-12(5-3-11)18(8-6-15)9-7-16;1-3-4-2/h2-5,13H,6-10,17H2,1H3;3-4H2,1-2H3/t13-;/m0./s1. The van der Waals surface area contributed by atoms with E-state index in [1.54, 1.807) is 0 Å². The van der Waals surface area contributed by atoms with Gasteiger partial charge in [-0.15, -0.1) is 23.2 Å². The lowest BCUT2D eigenvalue weighted by atomic mass is 10.1. The van der Waals surface area contributed by atoms with E-state index in [0.717, 1.165) is 24.3 Å². The number of benzene rings is 1. The molecule has 0 saturated carbocycles. The molecule has 0 fully saturated rings. The number of anilines is 1. The second kappa shape index (κ2) is 14.4. The fraction of sp³-hybridized carbons (Fsp3) is 0.611. The molecule has 0 aliphatic heterocycles. The molecule has 0 saturated heterocycles. The Kier molecular flexibility index (Phi) is 13.8. The summed E-state index contributed by atoms with van der Waals surface area (Å²) in [6.45, 7) is 5.85. The van der Waals surface area contributed by atoms with Crippen molar-refractivity contribution in [3.8, 4) is 0 Å². The monoisotopic (exact) mass is 376 g/mol. The van der Waals surface area contributed by atoms with E-state index in [1.165, 1.54) is 20.0 Å². The molecule has 0 aliphatic rings. The zero-order valence-corrected chi connectivity index (χ0v) is 16.4. The van der Waals surface area contributed by atoms with Crippen molar-refractivity contribution in [2.24, 2.45) is 5.73 Å². The molecule has 138 valence electrons. The van der Waals surface area contributed by atoms with E-state index in [1.807, 2.05) is 24.3 Å². The Balaban J connectivity index is 0.00000118. The number of alkyl halides is 2. The van der Waals surface area contributed by atoms with Gasteiger partial charge in [-0.05, 0) is 24.1 Å². The molecule has 1 rings (SSSR count). The van der Waals surface area contributed by atoms with Gasteiger partial charge in [0.05, 0.1) is 7.11 Å². The molecular weight excluding hydrogens is 347 g/mol. The van der Waals surface area contributed by atoms with Crippen LogP contribution in [0, 0.1) is 0 Å². The Morgan fingerprint density at radius 1 is 1.12 bits per heavy atom. The maximum absolute atomic E-state index is 11.3. The SMILES string of the molecule is CCCC.COC(=O)[C@@H](N)Cc1ccc(N(CCCl)CCCl)cc1. The fourth-order valence-corrected chi connectivity index (χ4v) is 2.31. The number of hydrogen-bond acceptors (Lipinski definition) is 4. The zero-order valence-electron chi connectivity index (χ0n) is 14.9. The number of nitrogens with two attached hydrogens (primary N) is 1. The van der Waals surface area contributed by atoms with Gasteiger partial charge in [0.2, 0.25) is 0 Å². The van der Waals surface area contributed by atoms with E-state index in [9.17, 15) is 4.79 Å². The lowest BCUT2D eigenvalue weighted by molar-refractivity contribution is -0.142. The van der Waals surface area contributed by atoms with Crippen molar-refractivity contribution in [2.75, 3.05) is 36.9 Å². The van der Waals surface area contributed by atoms with Crippen molar-refractivity contribution in [3.05, 3.63) is 29.8 Å². The van der Waals surface area contributed by atoms with E-state index < -0.39 is 12.0 Å². The van der Waals surface area contributed by atoms with E-state index >= 15 is 0 Å². The number of halogens is 2. The van der Waals surface area contributed by atoms with Gasteiger partial charge in [-0.25, -0.2) is 0 Å². The van der Waals surface area contributed by atoms with Crippen LogP contribution >= 0.6 is 23.2 Å². The van der Waals surface area contributed by atoms with Crippen LogP contribution in [-0.2, 0) is 16.0 Å². The fourth-order valence-electron chi connectivity index (χ4n) is 1.91. The summed E-state index contributed by atoms with van der Waals surface area (Å²) in [4.78, 5) is 13.4. The van der Waals surface area contributed by atoms with Crippen molar-refractivity contribution < 1.29 is 9.53 Å². The van der Waals surface area contributed by atoms with E-state index in [2.05, 4.69) is 23.5 Å². The van der Waals surface area contributed by atoms with Crippen molar-refractivity contribution in [2.45, 2.75) is 39.2 Å². The average Bonchev–Trinajstić information content (AvgIpc) is 2.61. The second-order valence-electron chi connectivity index (χ2n) is 5.37. The summed E-state index contributed by atoms with van der Waals surface area (Å²) in [6, 6.07) is 7.24. The molecule has 24 heavy (non-hydrogen) atoms. The highest BCUT2D eigenvalue weighted by atomic mass is 35.5. The second-order valence-corrected chi connectivity index (χ2v) is 6.12. The van der Waals surface area contributed by atoms with Crippen molar-refractivity contribution in [3.63, 3.8) is 0 Å². The first-order chi connectivity index (χ1) is 11.5. The summed E-state index contributed by atoms with van der Waals surface area (Å²) in [5.41, 5.74) is 7.78. The van der Waals surface area contributed by atoms with Gasteiger partial charge in [0.15, 0.2) is 0 Å². The molecule has 1 aromatic carbocycles. The predicted octanol–water partition coefficient (Wildman–Crippen LogP) is 3.82. The molecule has 0 aliphatic carbocycles.